The zero-order valence-electron chi connectivity index (χ0n) is 19.2. The summed E-state index contributed by atoms with van der Waals surface area (Å²) in [4.78, 5) is 28.7. The Balaban J connectivity index is 1.73. The number of Topliss-reactive ketones (excluding diaryl/α,β-unsaturated/α-hetero) is 1. The maximum Gasteiger partial charge on any atom is 0.343 e. The first-order chi connectivity index (χ1) is 16.1. The van der Waals surface area contributed by atoms with Gasteiger partial charge in [-0.2, -0.15) is 0 Å². The van der Waals surface area contributed by atoms with Gasteiger partial charge in [0.2, 0.25) is 0 Å². The SMILES string of the molecule is CCOC(=O)C1=CN2C(c3cccs3)Cc3cc(OCCCOC)c(OC)cc3C2CC1=O. The Kier molecular flexibility index (Phi) is 7.35. The molecule has 2 atom stereocenters. The fourth-order valence-corrected chi connectivity index (χ4v) is 5.29. The van der Waals surface area contributed by atoms with Gasteiger partial charge < -0.3 is 23.8 Å². The molecule has 4 rings (SSSR count). The lowest BCUT2D eigenvalue weighted by molar-refractivity contribution is -0.140. The molecule has 1 aromatic carbocycles. The first kappa shape index (κ1) is 23.3. The van der Waals surface area contributed by atoms with Crippen molar-refractivity contribution in [1.82, 2.24) is 4.90 Å². The predicted octanol–water partition coefficient (Wildman–Crippen LogP) is 4.23. The summed E-state index contributed by atoms with van der Waals surface area (Å²) in [5.74, 6) is 0.560. The standard InChI is InChI=1S/C25H29NO6S/c1-4-31-25(28)18-15-26-19(14-21(18)27)17-13-22(30-3)23(32-9-6-8-29-2)12-16(17)11-20(26)24-7-5-10-33-24/h5,7,10,12-13,15,19-20H,4,6,8-9,11,14H2,1-3H3. The van der Waals surface area contributed by atoms with Crippen LogP contribution in [0.3, 0.4) is 0 Å². The van der Waals surface area contributed by atoms with Crippen LogP contribution >= 0.6 is 11.3 Å². The summed E-state index contributed by atoms with van der Waals surface area (Å²) in [5.41, 5.74) is 2.26. The molecule has 0 radical (unpaired) electrons. The molecule has 0 fully saturated rings. The van der Waals surface area contributed by atoms with Gasteiger partial charge >= 0.3 is 5.97 Å². The molecule has 2 aromatic rings. The molecule has 0 N–H and O–H groups in total. The van der Waals surface area contributed by atoms with Crippen molar-refractivity contribution in [3.8, 4) is 11.5 Å². The van der Waals surface area contributed by atoms with E-state index < -0.39 is 5.97 Å². The summed E-state index contributed by atoms with van der Waals surface area (Å²) < 4.78 is 21.9. The zero-order valence-corrected chi connectivity index (χ0v) is 20.0. The Hall–Kier alpha value is -2.84. The number of hydrogen-bond donors (Lipinski definition) is 0. The number of ether oxygens (including phenoxy) is 4. The Morgan fingerprint density at radius 1 is 1.15 bits per heavy atom. The molecular weight excluding hydrogens is 442 g/mol. The number of ketones is 1. The van der Waals surface area contributed by atoms with Crippen LogP contribution in [0.15, 0.2) is 41.4 Å². The van der Waals surface area contributed by atoms with Crippen LogP contribution < -0.4 is 9.47 Å². The quantitative estimate of drug-likeness (QED) is 0.308. The Bertz CT molecular complexity index is 1030. The molecule has 0 amide bonds. The minimum Gasteiger partial charge on any atom is -0.493 e. The van der Waals surface area contributed by atoms with Gasteiger partial charge in [0.15, 0.2) is 17.3 Å². The molecule has 33 heavy (non-hydrogen) atoms. The molecular formula is C25H29NO6S. The summed E-state index contributed by atoms with van der Waals surface area (Å²) in [6.07, 6.45) is 3.41. The average Bonchev–Trinajstić information content (AvgIpc) is 3.35. The van der Waals surface area contributed by atoms with Gasteiger partial charge in [-0.05, 0) is 48.1 Å². The van der Waals surface area contributed by atoms with Crippen LogP contribution in [0.5, 0.6) is 11.5 Å². The van der Waals surface area contributed by atoms with E-state index in [2.05, 4.69) is 11.0 Å². The van der Waals surface area contributed by atoms with Gasteiger partial charge in [0.25, 0.3) is 0 Å². The fourth-order valence-electron chi connectivity index (χ4n) is 4.46. The highest BCUT2D eigenvalue weighted by Gasteiger charge is 2.41. The van der Waals surface area contributed by atoms with Crippen molar-refractivity contribution in [2.45, 2.75) is 38.3 Å². The molecule has 2 aliphatic heterocycles. The van der Waals surface area contributed by atoms with Gasteiger partial charge in [-0.25, -0.2) is 4.79 Å². The van der Waals surface area contributed by atoms with Crippen molar-refractivity contribution in [3.05, 3.63) is 57.4 Å². The molecule has 7 nitrogen and oxygen atoms in total. The Morgan fingerprint density at radius 3 is 2.70 bits per heavy atom. The normalized spacial score (nSPS) is 19.4. The number of fused-ring (bicyclic) bond motifs is 3. The van der Waals surface area contributed by atoms with Crippen LogP contribution in [0, 0.1) is 0 Å². The second kappa shape index (κ2) is 10.4. The molecule has 0 bridgehead atoms. The second-order valence-corrected chi connectivity index (χ2v) is 8.96. The van der Waals surface area contributed by atoms with Gasteiger partial charge in [0.05, 0.1) is 32.4 Å². The van der Waals surface area contributed by atoms with Crippen molar-refractivity contribution in [2.24, 2.45) is 0 Å². The highest BCUT2D eigenvalue weighted by Crippen LogP contribution is 2.48. The highest BCUT2D eigenvalue weighted by molar-refractivity contribution is 7.10. The number of methoxy groups -OCH3 is 2. The first-order valence-electron chi connectivity index (χ1n) is 11.1. The number of rotatable bonds is 9. The lowest BCUT2D eigenvalue weighted by atomic mass is 9.82. The molecule has 1 aromatic heterocycles. The maximum atomic E-state index is 12.9. The minimum absolute atomic E-state index is 0.00904. The third-order valence-corrected chi connectivity index (χ3v) is 6.97. The van der Waals surface area contributed by atoms with E-state index >= 15 is 0 Å². The zero-order chi connectivity index (χ0) is 23.4. The molecule has 8 heteroatoms. The number of hydrogen-bond acceptors (Lipinski definition) is 8. The number of esters is 1. The van der Waals surface area contributed by atoms with Gasteiger partial charge in [-0.15, -0.1) is 11.3 Å². The first-order valence-corrected chi connectivity index (χ1v) is 12.0. The smallest absolute Gasteiger partial charge is 0.343 e. The number of carbonyl (C=O) groups is 2. The largest absolute Gasteiger partial charge is 0.493 e. The summed E-state index contributed by atoms with van der Waals surface area (Å²) >= 11 is 1.67. The van der Waals surface area contributed by atoms with Gasteiger partial charge in [0.1, 0.15) is 5.57 Å². The van der Waals surface area contributed by atoms with Crippen molar-refractivity contribution < 1.29 is 28.5 Å². The van der Waals surface area contributed by atoms with Gasteiger partial charge in [0, 0.05) is 37.6 Å². The van der Waals surface area contributed by atoms with E-state index in [1.165, 1.54) is 4.88 Å². The van der Waals surface area contributed by atoms with Crippen LogP contribution in [0.2, 0.25) is 0 Å². The molecule has 0 spiro atoms. The number of thiophene rings is 1. The third kappa shape index (κ3) is 4.77. The molecule has 0 saturated heterocycles. The lowest BCUT2D eigenvalue weighted by Gasteiger charge is -2.45. The molecule has 0 aliphatic carbocycles. The summed E-state index contributed by atoms with van der Waals surface area (Å²) in [7, 11) is 3.28. The minimum atomic E-state index is -0.561. The maximum absolute atomic E-state index is 12.9. The van der Waals surface area contributed by atoms with E-state index in [1.54, 1.807) is 38.7 Å². The van der Waals surface area contributed by atoms with E-state index in [9.17, 15) is 9.59 Å². The predicted molar refractivity (Wildman–Crippen MR) is 125 cm³/mol. The van der Waals surface area contributed by atoms with Crippen molar-refractivity contribution in [2.75, 3.05) is 34.0 Å². The number of benzene rings is 1. The molecule has 2 aliphatic rings. The van der Waals surface area contributed by atoms with Crippen LogP contribution in [0.25, 0.3) is 0 Å². The van der Waals surface area contributed by atoms with E-state index in [1.807, 2.05) is 23.6 Å². The third-order valence-electron chi connectivity index (χ3n) is 5.99. The van der Waals surface area contributed by atoms with Crippen LogP contribution in [-0.4, -0.2) is 50.7 Å². The van der Waals surface area contributed by atoms with Crippen LogP contribution in [-0.2, 0) is 25.5 Å². The van der Waals surface area contributed by atoms with Crippen LogP contribution in [0.4, 0.5) is 0 Å². The van der Waals surface area contributed by atoms with Crippen molar-refractivity contribution in [3.63, 3.8) is 0 Å². The monoisotopic (exact) mass is 471 g/mol. The number of nitrogens with zero attached hydrogens (tertiary/aromatic N) is 1. The topological polar surface area (TPSA) is 74.3 Å². The van der Waals surface area contributed by atoms with Crippen LogP contribution in [0.1, 0.15) is 47.9 Å². The summed E-state index contributed by atoms with van der Waals surface area (Å²) in [5, 5.41) is 2.04. The van der Waals surface area contributed by atoms with Gasteiger partial charge in [-0.3, -0.25) is 4.79 Å². The van der Waals surface area contributed by atoms with E-state index in [0.29, 0.717) is 24.7 Å². The van der Waals surface area contributed by atoms with E-state index in [4.69, 9.17) is 18.9 Å². The summed E-state index contributed by atoms with van der Waals surface area (Å²) in [6, 6.07) is 7.94. The Labute approximate surface area is 197 Å². The second-order valence-electron chi connectivity index (χ2n) is 7.99. The lowest BCUT2D eigenvalue weighted by Crippen LogP contribution is -2.40. The highest BCUT2D eigenvalue weighted by atomic mass is 32.1. The molecule has 2 unspecified atom stereocenters. The average molecular weight is 472 g/mol. The van der Waals surface area contributed by atoms with E-state index in [-0.39, 0.29) is 36.5 Å². The number of carbonyl (C=O) groups excluding carboxylic acids is 2. The molecule has 3 heterocycles. The van der Waals surface area contributed by atoms with Gasteiger partial charge in [-0.1, -0.05) is 6.07 Å². The molecule has 0 saturated carbocycles. The van der Waals surface area contributed by atoms with E-state index in [0.717, 1.165) is 24.0 Å². The van der Waals surface area contributed by atoms with Crippen molar-refractivity contribution in [1.29, 1.82) is 0 Å². The fraction of sp³-hybridized carbons (Fsp3) is 0.440. The molecule has 176 valence electrons. The Morgan fingerprint density at radius 2 is 2.00 bits per heavy atom. The van der Waals surface area contributed by atoms with Crippen molar-refractivity contribution >= 4 is 23.1 Å². The summed E-state index contributed by atoms with van der Waals surface area (Å²) in [6.45, 7) is 3.12.